The monoisotopic (exact) mass is 577 g/mol. The first kappa shape index (κ1) is 26.1. The summed E-state index contributed by atoms with van der Waals surface area (Å²) in [6, 6.07) is 8.94. The van der Waals surface area contributed by atoms with E-state index in [1.165, 1.54) is 12.2 Å². The Morgan fingerprint density at radius 2 is 1.78 bits per heavy atom. The fraction of sp³-hybridized carbons (Fsp3) is 0.348. The molecule has 3 heterocycles. The maximum Gasteiger partial charge on any atom is 0.426 e. The highest BCUT2D eigenvalue weighted by Gasteiger charge is 2.61. The highest BCUT2D eigenvalue weighted by molar-refractivity contribution is 9.10. The summed E-state index contributed by atoms with van der Waals surface area (Å²) >= 11 is 2.97. The van der Waals surface area contributed by atoms with Crippen LogP contribution < -0.4 is 4.74 Å². The Labute approximate surface area is 209 Å². The van der Waals surface area contributed by atoms with Gasteiger partial charge in [0.25, 0.3) is 11.8 Å². The SMILES string of the molecule is FC(F)(F)c1cc(Br)c2nc1OCCC/C=C\CC(OCc1ccccc1)(C(F)(F)F)c1nnc-2o1. The first-order chi connectivity index (χ1) is 17.0. The Morgan fingerprint density at radius 3 is 2.47 bits per heavy atom. The Kier molecular flexibility index (Phi) is 7.41. The molecule has 4 rings (SSSR count). The van der Waals surface area contributed by atoms with Gasteiger partial charge < -0.3 is 13.9 Å². The molecule has 0 radical (unpaired) electrons. The van der Waals surface area contributed by atoms with Crippen LogP contribution in [0, 0.1) is 0 Å². The third-order valence-electron chi connectivity index (χ3n) is 5.33. The Morgan fingerprint density at radius 1 is 1.03 bits per heavy atom. The Hall–Kier alpha value is -2.93. The molecule has 4 bridgehead atoms. The Balaban J connectivity index is 1.83. The first-order valence-electron chi connectivity index (χ1n) is 10.7. The van der Waals surface area contributed by atoms with E-state index in [0.717, 1.165) is 0 Å². The van der Waals surface area contributed by atoms with Gasteiger partial charge in [-0.1, -0.05) is 42.5 Å². The average molecular weight is 578 g/mol. The van der Waals surface area contributed by atoms with Crippen LogP contribution in [-0.2, 0) is 23.1 Å². The fourth-order valence-electron chi connectivity index (χ4n) is 3.46. The number of hydrogen-bond donors (Lipinski definition) is 0. The molecule has 1 aliphatic rings. The van der Waals surface area contributed by atoms with Crippen molar-refractivity contribution in [1.29, 1.82) is 0 Å². The zero-order valence-corrected chi connectivity index (χ0v) is 20.0. The second kappa shape index (κ2) is 10.2. The molecule has 6 nitrogen and oxygen atoms in total. The summed E-state index contributed by atoms with van der Waals surface area (Å²) in [5.74, 6) is -2.18. The second-order valence-corrected chi connectivity index (χ2v) is 8.70. The van der Waals surface area contributed by atoms with Crippen molar-refractivity contribution < 1.29 is 40.2 Å². The van der Waals surface area contributed by atoms with Crippen molar-refractivity contribution in [2.45, 2.75) is 43.8 Å². The number of ether oxygens (including phenoxy) is 2. The van der Waals surface area contributed by atoms with Crippen LogP contribution >= 0.6 is 15.9 Å². The van der Waals surface area contributed by atoms with Gasteiger partial charge in [-0.2, -0.15) is 26.3 Å². The minimum atomic E-state index is -4.98. The largest absolute Gasteiger partial charge is 0.477 e. The summed E-state index contributed by atoms with van der Waals surface area (Å²) in [5, 5.41) is 7.23. The van der Waals surface area contributed by atoms with Gasteiger partial charge in [-0.15, -0.1) is 10.2 Å². The van der Waals surface area contributed by atoms with E-state index < -0.39 is 54.2 Å². The summed E-state index contributed by atoms with van der Waals surface area (Å²) < 4.78 is 100. The molecule has 192 valence electrons. The predicted octanol–water partition coefficient (Wildman–Crippen LogP) is 7.01. The first-order valence-corrected chi connectivity index (χ1v) is 11.4. The Bertz CT molecular complexity index is 1230. The molecule has 13 heteroatoms. The van der Waals surface area contributed by atoms with Crippen LogP contribution in [0.1, 0.15) is 36.3 Å². The summed E-state index contributed by atoms with van der Waals surface area (Å²) in [4.78, 5) is 3.85. The van der Waals surface area contributed by atoms with E-state index in [4.69, 9.17) is 13.9 Å². The molecule has 0 fully saturated rings. The molecule has 3 aromatic rings. The van der Waals surface area contributed by atoms with E-state index in [1.54, 1.807) is 30.3 Å². The van der Waals surface area contributed by atoms with E-state index in [2.05, 4.69) is 31.1 Å². The zero-order chi connectivity index (χ0) is 26.0. The van der Waals surface area contributed by atoms with Gasteiger partial charge in [0.2, 0.25) is 11.5 Å². The fourth-order valence-corrected chi connectivity index (χ4v) is 3.95. The molecule has 1 aromatic carbocycles. The number of benzene rings is 1. The van der Waals surface area contributed by atoms with Crippen LogP contribution in [-0.4, -0.2) is 28.0 Å². The van der Waals surface area contributed by atoms with Crippen molar-refractivity contribution in [2.75, 3.05) is 6.61 Å². The van der Waals surface area contributed by atoms with E-state index in [1.807, 2.05) is 0 Å². The van der Waals surface area contributed by atoms with E-state index in [-0.39, 0.29) is 29.6 Å². The molecule has 2 aromatic heterocycles. The molecule has 0 aliphatic carbocycles. The molecule has 36 heavy (non-hydrogen) atoms. The van der Waals surface area contributed by atoms with E-state index in [9.17, 15) is 26.3 Å². The average Bonchev–Trinajstić information content (AvgIpc) is 3.30. The number of hydrogen-bond acceptors (Lipinski definition) is 6. The molecular formula is C23H18BrF6N3O3. The molecular weight excluding hydrogens is 560 g/mol. The number of allylic oxidation sites excluding steroid dienone is 1. The van der Waals surface area contributed by atoms with Crippen molar-refractivity contribution in [3.8, 4) is 17.5 Å². The molecule has 0 saturated heterocycles. The number of nitrogens with zero attached hydrogens (tertiary/aromatic N) is 3. The lowest BCUT2D eigenvalue weighted by atomic mass is 9.97. The van der Waals surface area contributed by atoms with Gasteiger partial charge >= 0.3 is 12.4 Å². The topological polar surface area (TPSA) is 70.3 Å². The van der Waals surface area contributed by atoms with Crippen LogP contribution in [0.5, 0.6) is 5.88 Å². The van der Waals surface area contributed by atoms with Crippen molar-refractivity contribution in [3.05, 3.63) is 70.0 Å². The van der Waals surface area contributed by atoms with Crippen molar-refractivity contribution in [1.82, 2.24) is 15.2 Å². The van der Waals surface area contributed by atoms with Crippen LogP contribution in [0.4, 0.5) is 26.3 Å². The number of halogens is 7. The van der Waals surface area contributed by atoms with Crippen LogP contribution in [0.3, 0.4) is 0 Å². The minimum Gasteiger partial charge on any atom is -0.477 e. The van der Waals surface area contributed by atoms with Crippen LogP contribution in [0.25, 0.3) is 11.6 Å². The normalized spacial score (nSPS) is 19.9. The van der Waals surface area contributed by atoms with Crippen molar-refractivity contribution >= 4 is 15.9 Å². The maximum absolute atomic E-state index is 14.6. The van der Waals surface area contributed by atoms with Gasteiger partial charge in [0, 0.05) is 10.9 Å². The number of pyridine rings is 1. The predicted molar refractivity (Wildman–Crippen MR) is 118 cm³/mol. The molecule has 0 saturated carbocycles. The van der Waals surface area contributed by atoms with Gasteiger partial charge in [0.15, 0.2) is 0 Å². The number of alkyl halides is 6. The minimum absolute atomic E-state index is 0.147. The molecule has 0 spiro atoms. The summed E-state index contributed by atoms with van der Waals surface area (Å²) in [6.07, 6.45) is -7.22. The summed E-state index contributed by atoms with van der Waals surface area (Å²) in [6.45, 7) is -0.558. The highest BCUT2D eigenvalue weighted by atomic mass is 79.9. The van der Waals surface area contributed by atoms with Gasteiger partial charge in [-0.05, 0) is 40.4 Å². The lowest BCUT2D eigenvalue weighted by Gasteiger charge is -2.31. The molecule has 0 amide bonds. The summed E-state index contributed by atoms with van der Waals surface area (Å²) in [7, 11) is 0. The van der Waals surface area contributed by atoms with Gasteiger partial charge in [0.05, 0.1) is 13.2 Å². The smallest absolute Gasteiger partial charge is 0.426 e. The third kappa shape index (κ3) is 5.41. The lowest BCUT2D eigenvalue weighted by molar-refractivity contribution is -0.295. The van der Waals surface area contributed by atoms with Crippen LogP contribution in [0.15, 0.2) is 57.4 Å². The number of rotatable bonds is 3. The maximum atomic E-state index is 14.6. The zero-order valence-electron chi connectivity index (χ0n) is 18.4. The van der Waals surface area contributed by atoms with Gasteiger partial charge in [-0.3, -0.25) is 0 Å². The standard InChI is InChI=1S/C23H18BrF6N3O3/c24-16-12-15(22(25,26)27)18-31-17(16)19-32-33-20(36-19)21(23(28,29)30,10-6-1-2-7-11-34-18)35-13-14-8-4-3-5-9-14/h1,3-6,8-9,12H,2,7,10-11,13H2/b6-1-. The number of aromatic nitrogens is 3. The molecule has 1 aliphatic heterocycles. The van der Waals surface area contributed by atoms with E-state index in [0.29, 0.717) is 11.6 Å². The molecule has 0 N–H and O–H groups in total. The quantitative estimate of drug-likeness (QED) is 0.246. The third-order valence-corrected chi connectivity index (χ3v) is 5.94. The number of fused-ring (bicyclic) bond motifs is 5. The van der Waals surface area contributed by atoms with Crippen molar-refractivity contribution in [2.24, 2.45) is 0 Å². The summed E-state index contributed by atoms with van der Waals surface area (Å²) in [5.41, 5.74) is -3.98. The molecule has 1 unspecified atom stereocenters. The highest BCUT2D eigenvalue weighted by Crippen LogP contribution is 2.47. The second-order valence-electron chi connectivity index (χ2n) is 7.85. The van der Waals surface area contributed by atoms with Crippen LogP contribution in [0.2, 0.25) is 0 Å². The van der Waals surface area contributed by atoms with Gasteiger partial charge in [0.1, 0.15) is 11.3 Å². The lowest BCUT2D eigenvalue weighted by Crippen LogP contribution is -2.45. The van der Waals surface area contributed by atoms with Crippen molar-refractivity contribution in [3.63, 3.8) is 0 Å². The van der Waals surface area contributed by atoms with Gasteiger partial charge in [-0.25, -0.2) is 4.98 Å². The van der Waals surface area contributed by atoms with E-state index >= 15 is 0 Å². The molecule has 1 atom stereocenters.